The van der Waals surface area contributed by atoms with Gasteiger partial charge in [-0.3, -0.25) is 9.48 Å². The first-order valence-electron chi connectivity index (χ1n) is 6.57. The minimum atomic E-state index is -0.201. The maximum absolute atomic E-state index is 12.2. The van der Waals surface area contributed by atoms with Crippen molar-refractivity contribution in [1.29, 1.82) is 0 Å². The average Bonchev–Trinajstić information content (AvgIpc) is 3.10. The van der Waals surface area contributed by atoms with Crippen LogP contribution in [-0.4, -0.2) is 22.5 Å². The molecular weight excluding hydrogens is 294 g/mol. The van der Waals surface area contributed by atoms with E-state index in [0.717, 1.165) is 5.69 Å². The molecule has 2 aromatic rings. The molecule has 21 heavy (non-hydrogen) atoms. The zero-order valence-electron chi connectivity index (χ0n) is 11.4. The second-order valence-electron chi connectivity index (χ2n) is 4.51. The summed E-state index contributed by atoms with van der Waals surface area (Å²) in [5, 5.41) is 7.50. The molecule has 1 aromatic carbocycles. The van der Waals surface area contributed by atoms with Crippen LogP contribution < -0.4 is 14.8 Å². The number of halogens is 1. The van der Waals surface area contributed by atoms with Gasteiger partial charge < -0.3 is 14.8 Å². The van der Waals surface area contributed by atoms with Crippen LogP contribution in [-0.2, 0) is 13.1 Å². The normalized spacial score (nSPS) is 12.5. The van der Waals surface area contributed by atoms with Crippen LogP contribution in [0.4, 0.5) is 0 Å². The Morgan fingerprint density at radius 1 is 1.43 bits per heavy atom. The molecular formula is C14H14ClN3O3. The van der Waals surface area contributed by atoms with Gasteiger partial charge >= 0.3 is 0 Å². The van der Waals surface area contributed by atoms with Crippen LogP contribution in [0.15, 0.2) is 24.4 Å². The lowest BCUT2D eigenvalue weighted by molar-refractivity contribution is 0.0949. The van der Waals surface area contributed by atoms with E-state index in [4.69, 9.17) is 21.1 Å². The number of carbonyl (C=O) groups excluding carboxylic acids is 1. The molecule has 110 valence electrons. The Labute approximate surface area is 126 Å². The summed E-state index contributed by atoms with van der Waals surface area (Å²) in [5.41, 5.74) is 1.30. The summed E-state index contributed by atoms with van der Waals surface area (Å²) in [5.74, 6) is 1.03. The Hall–Kier alpha value is -2.21. The van der Waals surface area contributed by atoms with Gasteiger partial charge in [-0.1, -0.05) is 11.6 Å². The van der Waals surface area contributed by atoms with Crippen molar-refractivity contribution in [1.82, 2.24) is 15.1 Å². The Kier molecular flexibility index (Phi) is 3.70. The summed E-state index contributed by atoms with van der Waals surface area (Å²) in [6, 6.07) is 5.08. The highest BCUT2D eigenvalue weighted by Gasteiger charge is 2.17. The molecule has 0 saturated carbocycles. The summed E-state index contributed by atoms with van der Waals surface area (Å²) in [6.07, 6.45) is 1.58. The maximum Gasteiger partial charge on any atom is 0.251 e. The molecule has 0 radical (unpaired) electrons. The van der Waals surface area contributed by atoms with Crippen LogP contribution in [0, 0.1) is 0 Å². The van der Waals surface area contributed by atoms with E-state index < -0.39 is 0 Å². The molecule has 0 saturated heterocycles. The number of carbonyl (C=O) groups is 1. The van der Waals surface area contributed by atoms with E-state index in [1.165, 1.54) is 0 Å². The van der Waals surface area contributed by atoms with Crippen LogP contribution in [0.3, 0.4) is 0 Å². The first-order chi connectivity index (χ1) is 10.2. The van der Waals surface area contributed by atoms with Crippen LogP contribution in [0.2, 0.25) is 5.02 Å². The summed E-state index contributed by atoms with van der Waals surface area (Å²) in [6.45, 7) is 3.17. The topological polar surface area (TPSA) is 65.4 Å². The minimum Gasteiger partial charge on any atom is -0.454 e. The molecule has 1 amide bonds. The SMILES string of the molecule is CCn1ncc(Cl)c1CNC(=O)c1ccc2c(c1)OCO2. The second kappa shape index (κ2) is 5.65. The number of nitrogens with one attached hydrogen (secondary N) is 1. The lowest BCUT2D eigenvalue weighted by atomic mass is 10.2. The van der Waals surface area contributed by atoms with Gasteiger partial charge in [-0.2, -0.15) is 5.10 Å². The quantitative estimate of drug-likeness (QED) is 0.940. The molecule has 0 unspecified atom stereocenters. The Bertz CT molecular complexity index is 684. The molecule has 0 fully saturated rings. The number of rotatable bonds is 4. The van der Waals surface area contributed by atoms with Gasteiger partial charge in [-0.05, 0) is 25.1 Å². The van der Waals surface area contributed by atoms with Gasteiger partial charge in [0, 0.05) is 12.1 Å². The van der Waals surface area contributed by atoms with E-state index in [1.807, 2.05) is 6.92 Å². The summed E-state index contributed by atoms with van der Waals surface area (Å²) in [7, 11) is 0. The van der Waals surface area contributed by atoms with Crippen molar-refractivity contribution in [3.8, 4) is 11.5 Å². The molecule has 0 spiro atoms. The van der Waals surface area contributed by atoms with Gasteiger partial charge in [-0.25, -0.2) is 0 Å². The van der Waals surface area contributed by atoms with Gasteiger partial charge in [0.15, 0.2) is 11.5 Å². The minimum absolute atomic E-state index is 0.186. The number of hydrogen-bond donors (Lipinski definition) is 1. The monoisotopic (exact) mass is 307 g/mol. The summed E-state index contributed by atoms with van der Waals surface area (Å²) >= 11 is 6.06. The fourth-order valence-electron chi connectivity index (χ4n) is 2.14. The zero-order valence-corrected chi connectivity index (χ0v) is 12.2. The largest absolute Gasteiger partial charge is 0.454 e. The number of benzene rings is 1. The Morgan fingerprint density at radius 2 is 2.24 bits per heavy atom. The van der Waals surface area contributed by atoms with Gasteiger partial charge in [0.2, 0.25) is 6.79 Å². The number of aromatic nitrogens is 2. The van der Waals surface area contributed by atoms with E-state index in [-0.39, 0.29) is 12.7 Å². The highest BCUT2D eigenvalue weighted by molar-refractivity contribution is 6.31. The van der Waals surface area contributed by atoms with Gasteiger partial charge in [0.05, 0.1) is 23.5 Å². The molecule has 6 nitrogen and oxygen atoms in total. The molecule has 1 aliphatic heterocycles. The average molecular weight is 308 g/mol. The molecule has 1 aliphatic rings. The molecule has 0 aliphatic carbocycles. The number of nitrogens with zero attached hydrogens (tertiary/aromatic N) is 2. The molecule has 3 rings (SSSR count). The summed E-state index contributed by atoms with van der Waals surface area (Å²) in [4.78, 5) is 12.2. The number of fused-ring (bicyclic) bond motifs is 1. The van der Waals surface area contributed by atoms with Crippen molar-refractivity contribution in [3.63, 3.8) is 0 Å². The lowest BCUT2D eigenvalue weighted by Crippen LogP contribution is -2.24. The van der Waals surface area contributed by atoms with E-state index in [0.29, 0.717) is 35.2 Å². The van der Waals surface area contributed by atoms with Crippen molar-refractivity contribution in [2.75, 3.05) is 6.79 Å². The number of hydrogen-bond acceptors (Lipinski definition) is 4. The van der Waals surface area contributed by atoms with E-state index in [2.05, 4.69) is 10.4 Å². The number of ether oxygens (including phenoxy) is 2. The van der Waals surface area contributed by atoms with E-state index in [9.17, 15) is 4.79 Å². The smallest absolute Gasteiger partial charge is 0.251 e. The molecule has 1 N–H and O–H groups in total. The van der Waals surface area contributed by atoms with Crippen molar-refractivity contribution >= 4 is 17.5 Å². The summed E-state index contributed by atoms with van der Waals surface area (Å²) < 4.78 is 12.2. The van der Waals surface area contributed by atoms with E-state index in [1.54, 1.807) is 29.1 Å². The van der Waals surface area contributed by atoms with E-state index >= 15 is 0 Å². The molecule has 0 atom stereocenters. The van der Waals surface area contributed by atoms with Crippen LogP contribution >= 0.6 is 11.6 Å². The van der Waals surface area contributed by atoms with Gasteiger partial charge in [0.1, 0.15) is 0 Å². The Balaban J connectivity index is 1.70. The Morgan fingerprint density at radius 3 is 3.05 bits per heavy atom. The predicted molar refractivity (Wildman–Crippen MR) is 76.6 cm³/mol. The number of amides is 1. The van der Waals surface area contributed by atoms with Gasteiger partial charge in [-0.15, -0.1) is 0 Å². The van der Waals surface area contributed by atoms with Crippen molar-refractivity contribution in [2.24, 2.45) is 0 Å². The fourth-order valence-corrected chi connectivity index (χ4v) is 2.35. The van der Waals surface area contributed by atoms with Gasteiger partial charge in [0.25, 0.3) is 5.91 Å². The third kappa shape index (κ3) is 2.67. The van der Waals surface area contributed by atoms with Crippen LogP contribution in [0.1, 0.15) is 23.0 Å². The molecule has 2 heterocycles. The van der Waals surface area contributed by atoms with Crippen LogP contribution in [0.5, 0.6) is 11.5 Å². The third-order valence-electron chi connectivity index (χ3n) is 3.25. The standard InChI is InChI=1S/C14H14ClN3O3/c1-2-18-11(10(15)6-17-18)7-16-14(19)9-3-4-12-13(5-9)21-8-20-12/h3-6H,2,7-8H2,1H3,(H,16,19). The van der Waals surface area contributed by atoms with Crippen LogP contribution in [0.25, 0.3) is 0 Å². The molecule has 0 bridgehead atoms. The predicted octanol–water partition coefficient (Wildman–Crippen LogP) is 2.22. The molecule has 1 aromatic heterocycles. The fraction of sp³-hybridized carbons (Fsp3) is 0.286. The lowest BCUT2D eigenvalue weighted by Gasteiger charge is -2.08. The molecule has 7 heteroatoms. The first-order valence-corrected chi connectivity index (χ1v) is 6.95. The highest BCUT2D eigenvalue weighted by Crippen LogP contribution is 2.32. The van der Waals surface area contributed by atoms with Crippen molar-refractivity contribution < 1.29 is 14.3 Å². The zero-order chi connectivity index (χ0) is 14.8. The maximum atomic E-state index is 12.2. The van der Waals surface area contributed by atoms with Crippen molar-refractivity contribution in [2.45, 2.75) is 20.0 Å². The first kappa shape index (κ1) is 13.8. The number of aryl methyl sites for hydroxylation is 1. The third-order valence-corrected chi connectivity index (χ3v) is 3.56. The highest BCUT2D eigenvalue weighted by atomic mass is 35.5. The van der Waals surface area contributed by atoms with Crippen molar-refractivity contribution in [3.05, 3.63) is 40.7 Å². The second-order valence-corrected chi connectivity index (χ2v) is 4.91.